The summed E-state index contributed by atoms with van der Waals surface area (Å²) in [6.45, 7) is 9.66. The van der Waals surface area contributed by atoms with Crippen molar-refractivity contribution < 1.29 is 0 Å². The first-order valence-electron chi connectivity index (χ1n) is 6.45. The minimum atomic E-state index is 0.404. The molecule has 4 heteroatoms. The molecule has 17 heavy (non-hydrogen) atoms. The Labute approximate surface area is 104 Å². The van der Waals surface area contributed by atoms with E-state index in [9.17, 15) is 0 Å². The molecule has 1 atom stereocenters. The molecule has 0 saturated heterocycles. The maximum Gasteiger partial charge on any atom is 0.224 e. The maximum atomic E-state index is 4.42. The number of nitrogens with zero attached hydrogens (tertiary/aromatic N) is 2. The third-order valence-corrected chi connectivity index (χ3v) is 2.67. The van der Waals surface area contributed by atoms with Crippen molar-refractivity contribution in [2.24, 2.45) is 5.92 Å². The predicted octanol–water partition coefficient (Wildman–Crippen LogP) is 3.15. The Bertz CT molecular complexity index is 325. The second-order valence-electron chi connectivity index (χ2n) is 4.83. The fourth-order valence-electron chi connectivity index (χ4n) is 1.34. The molecule has 0 aromatic carbocycles. The zero-order valence-corrected chi connectivity index (χ0v) is 11.3. The highest BCUT2D eigenvalue weighted by Crippen LogP contribution is 2.08. The minimum absolute atomic E-state index is 0.404. The van der Waals surface area contributed by atoms with Crippen LogP contribution in [0.4, 0.5) is 11.8 Å². The molecule has 1 rings (SSSR count). The van der Waals surface area contributed by atoms with E-state index in [1.807, 2.05) is 6.07 Å². The van der Waals surface area contributed by atoms with Crippen LogP contribution in [-0.4, -0.2) is 22.6 Å². The summed E-state index contributed by atoms with van der Waals surface area (Å²) < 4.78 is 0. The summed E-state index contributed by atoms with van der Waals surface area (Å²) in [4.78, 5) is 8.63. The molecule has 1 aromatic rings. The van der Waals surface area contributed by atoms with Gasteiger partial charge in [0, 0.05) is 18.8 Å². The quantitative estimate of drug-likeness (QED) is 0.763. The Hall–Kier alpha value is -1.32. The van der Waals surface area contributed by atoms with Crippen molar-refractivity contribution in [1.29, 1.82) is 0 Å². The van der Waals surface area contributed by atoms with Crippen molar-refractivity contribution in [2.75, 3.05) is 17.2 Å². The van der Waals surface area contributed by atoms with Gasteiger partial charge in [-0.05, 0) is 31.7 Å². The summed E-state index contributed by atoms with van der Waals surface area (Å²) in [5, 5.41) is 6.59. The first-order chi connectivity index (χ1) is 8.11. The van der Waals surface area contributed by atoms with Crippen molar-refractivity contribution in [3.05, 3.63) is 12.3 Å². The van der Waals surface area contributed by atoms with E-state index in [1.165, 1.54) is 0 Å². The van der Waals surface area contributed by atoms with E-state index in [2.05, 4.69) is 48.3 Å². The van der Waals surface area contributed by atoms with Crippen LogP contribution >= 0.6 is 0 Å². The van der Waals surface area contributed by atoms with Gasteiger partial charge >= 0.3 is 0 Å². The van der Waals surface area contributed by atoms with Crippen LogP contribution in [0.3, 0.4) is 0 Å². The summed E-state index contributed by atoms with van der Waals surface area (Å²) in [5.41, 5.74) is 0. The van der Waals surface area contributed by atoms with Gasteiger partial charge in [-0.15, -0.1) is 0 Å². The van der Waals surface area contributed by atoms with E-state index in [4.69, 9.17) is 0 Å². The van der Waals surface area contributed by atoms with Gasteiger partial charge in [-0.2, -0.15) is 4.98 Å². The molecule has 0 aliphatic heterocycles. The third-order valence-electron chi connectivity index (χ3n) is 2.67. The molecule has 0 saturated carbocycles. The van der Waals surface area contributed by atoms with Crippen LogP contribution in [-0.2, 0) is 0 Å². The molecule has 1 heterocycles. The lowest BCUT2D eigenvalue weighted by Crippen LogP contribution is -2.16. The Morgan fingerprint density at radius 3 is 2.71 bits per heavy atom. The average Bonchev–Trinajstić information content (AvgIpc) is 2.29. The molecule has 0 aliphatic carbocycles. The van der Waals surface area contributed by atoms with Gasteiger partial charge in [-0.25, -0.2) is 4.98 Å². The van der Waals surface area contributed by atoms with Gasteiger partial charge in [0.25, 0.3) is 0 Å². The van der Waals surface area contributed by atoms with E-state index >= 15 is 0 Å². The second-order valence-corrected chi connectivity index (χ2v) is 4.83. The molecule has 0 radical (unpaired) electrons. The lowest BCUT2D eigenvalue weighted by Gasteiger charge is -2.12. The summed E-state index contributed by atoms with van der Waals surface area (Å²) in [6, 6.07) is 2.31. The zero-order chi connectivity index (χ0) is 12.7. The molecule has 1 aromatic heterocycles. The number of hydrogen-bond donors (Lipinski definition) is 2. The van der Waals surface area contributed by atoms with Gasteiger partial charge in [-0.3, -0.25) is 0 Å². The van der Waals surface area contributed by atoms with Gasteiger partial charge < -0.3 is 10.6 Å². The van der Waals surface area contributed by atoms with Crippen molar-refractivity contribution in [3.63, 3.8) is 0 Å². The monoisotopic (exact) mass is 236 g/mol. The summed E-state index contributed by atoms with van der Waals surface area (Å²) >= 11 is 0. The molecule has 0 aliphatic rings. The van der Waals surface area contributed by atoms with Gasteiger partial charge in [-0.1, -0.05) is 20.8 Å². The minimum Gasteiger partial charge on any atom is -0.370 e. The molecule has 0 spiro atoms. The highest BCUT2D eigenvalue weighted by molar-refractivity contribution is 5.39. The van der Waals surface area contributed by atoms with E-state index in [1.54, 1.807) is 6.20 Å². The van der Waals surface area contributed by atoms with E-state index in [0.717, 1.165) is 25.2 Å². The number of aromatic nitrogens is 2. The standard InChI is InChI=1S/C13H24N4/c1-5-11(4)16-13-15-9-7-12(17-13)14-8-6-10(2)3/h7,9-11H,5-6,8H2,1-4H3,(H2,14,15,16,17). The van der Waals surface area contributed by atoms with Crippen LogP contribution in [0.25, 0.3) is 0 Å². The summed E-state index contributed by atoms with van der Waals surface area (Å²) in [7, 11) is 0. The molecular weight excluding hydrogens is 212 g/mol. The summed E-state index contributed by atoms with van der Waals surface area (Å²) in [5.74, 6) is 2.31. The fraction of sp³-hybridized carbons (Fsp3) is 0.692. The number of nitrogens with one attached hydrogen (secondary N) is 2. The third kappa shape index (κ3) is 5.52. The smallest absolute Gasteiger partial charge is 0.224 e. The molecule has 0 amide bonds. The van der Waals surface area contributed by atoms with E-state index in [-0.39, 0.29) is 0 Å². The van der Waals surface area contributed by atoms with Crippen LogP contribution in [0.2, 0.25) is 0 Å². The zero-order valence-electron chi connectivity index (χ0n) is 11.3. The van der Waals surface area contributed by atoms with E-state index < -0.39 is 0 Å². The largest absolute Gasteiger partial charge is 0.370 e. The Morgan fingerprint density at radius 1 is 1.29 bits per heavy atom. The highest BCUT2D eigenvalue weighted by atomic mass is 15.1. The maximum absolute atomic E-state index is 4.42. The van der Waals surface area contributed by atoms with Crippen molar-refractivity contribution in [1.82, 2.24) is 9.97 Å². The van der Waals surface area contributed by atoms with Crippen LogP contribution in [0.5, 0.6) is 0 Å². The second kappa shape index (κ2) is 7.09. The van der Waals surface area contributed by atoms with Crippen LogP contribution < -0.4 is 10.6 Å². The molecule has 2 N–H and O–H groups in total. The first kappa shape index (κ1) is 13.7. The molecule has 1 unspecified atom stereocenters. The number of rotatable bonds is 7. The van der Waals surface area contributed by atoms with Crippen molar-refractivity contribution >= 4 is 11.8 Å². The lowest BCUT2D eigenvalue weighted by molar-refractivity contribution is 0.606. The first-order valence-corrected chi connectivity index (χ1v) is 6.45. The van der Waals surface area contributed by atoms with Crippen LogP contribution in [0.15, 0.2) is 12.3 Å². The fourth-order valence-corrected chi connectivity index (χ4v) is 1.34. The molecule has 4 nitrogen and oxygen atoms in total. The van der Waals surface area contributed by atoms with Crippen molar-refractivity contribution in [2.45, 2.75) is 46.6 Å². The van der Waals surface area contributed by atoms with Crippen LogP contribution in [0, 0.1) is 5.92 Å². The molecule has 0 bridgehead atoms. The van der Waals surface area contributed by atoms with Gasteiger partial charge in [0.1, 0.15) is 5.82 Å². The highest BCUT2D eigenvalue weighted by Gasteiger charge is 2.02. The van der Waals surface area contributed by atoms with Gasteiger partial charge in [0.15, 0.2) is 0 Å². The summed E-state index contributed by atoms with van der Waals surface area (Å²) in [6.07, 6.45) is 4.00. The molecular formula is C13H24N4. The Balaban J connectivity index is 2.48. The number of hydrogen-bond acceptors (Lipinski definition) is 4. The van der Waals surface area contributed by atoms with Gasteiger partial charge in [0.2, 0.25) is 5.95 Å². The Kier molecular flexibility index (Phi) is 5.73. The molecule has 96 valence electrons. The van der Waals surface area contributed by atoms with Crippen molar-refractivity contribution in [3.8, 4) is 0 Å². The average molecular weight is 236 g/mol. The van der Waals surface area contributed by atoms with Gasteiger partial charge in [0.05, 0.1) is 0 Å². The Morgan fingerprint density at radius 2 is 2.06 bits per heavy atom. The molecule has 0 fully saturated rings. The SMILES string of the molecule is CCC(C)Nc1nccc(NCCC(C)C)n1. The van der Waals surface area contributed by atoms with E-state index in [0.29, 0.717) is 17.9 Å². The number of anilines is 2. The lowest BCUT2D eigenvalue weighted by atomic mass is 10.1. The predicted molar refractivity (Wildman–Crippen MR) is 73.4 cm³/mol. The normalized spacial score (nSPS) is 12.5. The van der Waals surface area contributed by atoms with Crippen LogP contribution in [0.1, 0.15) is 40.5 Å². The topological polar surface area (TPSA) is 49.8 Å².